The van der Waals surface area contributed by atoms with Gasteiger partial charge in [0.05, 0.1) is 18.7 Å². The molecule has 7 heteroatoms. The molecule has 4 aromatic rings. The number of amides is 1. The maximum absolute atomic E-state index is 12.9. The van der Waals surface area contributed by atoms with Crippen LogP contribution in [0, 0.1) is 0 Å². The number of aromatic nitrogens is 2. The lowest BCUT2D eigenvalue weighted by Gasteiger charge is -2.34. The number of carbonyl (C=O) groups is 1. The van der Waals surface area contributed by atoms with Crippen molar-refractivity contribution >= 4 is 39.7 Å². The summed E-state index contributed by atoms with van der Waals surface area (Å²) in [6.45, 7) is 4.09. The molecule has 0 aliphatic carbocycles. The molecule has 1 saturated heterocycles. The molecule has 1 aliphatic rings. The van der Waals surface area contributed by atoms with Crippen LogP contribution in [-0.2, 0) is 24.8 Å². The van der Waals surface area contributed by atoms with Crippen LogP contribution in [-0.4, -0.2) is 51.4 Å². The van der Waals surface area contributed by atoms with Crippen LogP contribution in [0.4, 0.5) is 0 Å². The highest BCUT2D eigenvalue weighted by atomic mass is 35.5. The summed E-state index contributed by atoms with van der Waals surface area (Å²) in [6, 6.07) is 16.1. The van der Waals surface area contributed by atoms with E-state index in [9.17, 15) is 4.79 Å². The molecule has 2 aromatic heterocycles. The van der Waals surface area contributed by atoms with Crippen molar-refractivity contribution in [2.45, 2.75) is 13.0 Å². The fraction of sp³-hybridized carbons (Fsp3) is 0.280. The van der Waals surface area contributed by atoms with E-state index in [2.05, 4.69) is 33.2 Å². The number of fused-ring (bicyclic) bond motifs is 1. The van der Waals surface area contributed by atoms with Gasteiger partial charge in [0, 0.05) is 66.3 Å². The molecule has 0 spiro atoms. The molecule has 0 radical (unpaired) electrons. The number of nitrogens with zero attached hydrogens (tertiary/aromatic N) is 4. The summed E-state index contributed by atoms with van der Waals surface area (Å²) >= 11 is 7.67. The van der Waals surface area contributed by atoms with Crippen LogP contribution in [0.25, 0.3) is 22.2 Å². The van der Waals surface area contributed by atoms with Crippen LogP contribution < -0.4 is 0 Å². The van der Waals surface area contributed by atoms with Crippen molar-refractivity contribution in [3.05, 3.63) is 75.7 Å². The van der Waals surface area contributed by atoms with Crippen LogP contribution in [0.5, 0.6) is 0 Å². The van der Waals surface area contributed by atoms with Crippen LogP contribution >= 0.6 is 22.9 Å². The molecule has 0 bridgehead atoms. The zero-order chi connectivity index (χ0) is 22.1. The Morgan fingerprint density at radius 3 is 2.59 bits per heavy atom. The predicted molar refractivity (Wildman–Crippen MR) is 131 cm³/mol. The fourth-order valence-corrected chi connectivity index (χ4v) is 5.30. The molecule has 3 heterocycles. The van der Waals surface area contributed by atoms with Gasteiger partial charge in [0.25, 0.3) is 0 Å². The quantitative estimate of drug-likeness (QED) is 0.424. The Kier molecular flexibility index (Phi) is 6.00. The van der Waals surface area contributed by atoms with E-state index in [4.69, 9.17) is 16.6 Å². The molecule has 164 valence electrons. The monoisotopic (exact) mass is 464 g/mol. The molecule has 1 fully saturated rings. The third-order valence-electron chi connectivity index (χ3n) is 6.10. The van der Waals surface area contributed by atoms with Crippen LogP contribution in [0.1, 0.15) is 10.6 Å². The minimum absolute atomic E-state index is 0.209. The fourth-order valence-electron chi connectivity index (χ4n) is 4.32. The molecule has 32 heavy (non-hydrogen) atoms. The summed E-state index contributed by atoms with van der Waals surface area (Å²) < 4.78 is 2.10. The molecule has 5 nitrogen and oxygen atoms in total. The molecule has 0 atom stereocenters. The second kappa shape index (κ2) is 9.06. The Balaban J connectivity index is 1.16. The third kappa shape index (κ3) is 4.44. The van der Waals surface area contributed by atoms with E-state index in [0.717, 1.165) is 59.6 Å². The van der Waals surface area contributed by atoms with E-state index in [1.54, 1.807) is 11.3 Å². The molecular formula is C25H25ClN4OS. The minimum atomic E-state index is 0.209. The summed E-state index contributed by atoms with van der Waals surface area (Å²) in [6.07, 6.45) is 2.54. The van der Waals surface area contributed by atoms with Crippen molar-refractivity contribution < 1.29 is 4.79 Å². The van der Waals surface area contributed by atoms with E-state index in [-0.39, 0.29) is 5.91 Å². The Morgan fingerprint density at radius 1 is 1.06 bits per heavy atom. The first-order valence-corrected chi connectivity index (χ1v) is 12.1. The third-order valence-corrected chi connectivity index (χ3v) is 7.18. The second-order valence-electron chi connectivity index (χ2n) is 8.25. The molecular weight excluding hydrogens is 440 g/mol. The Bertz CT molecular complexity index is 1240. The summed E-state index contributed by atoms with van der Waals surface area (Å²) in [5.74, 6) is 0.209. The highest BCUT2D eigenvalue weighted by Gasteiger charge is 2.23. The molecule has 1 aliphatic heterocycles. The zero-order valence-corrected chi connectivity index (χ0v) is 19.6. The van der Waals surface area contributed by atoms with Gasteiger partial charge in [0.15, 0.2) is 0 Å². The van der Waals surface area contributed by atoms with E-state index in [1.807, 2.05) is 48.3 Å². The predicted octanol–water partition coefficient (Wildman–Crippen LogP) is 4.84. The van der Waals surface area contributed by atoms with Gasteiger partial charge >= 0.3 is 0 Å². The maximum atomic E-state index is 12.9. The normalized spacial score (nSPS) is 14.9. The highest BCUT2D eigenvalue weighted by molar-refractivity contribution is 7.09. The van der Waals surface area contributed by atoms with Crippen molar-refractivity contribution in [1.82, 2.24) is 19.4 Å². The molecule has 0 unspecified atom stereocenters. The first-order valence-electron chi connectivity index (χ1n) is 10.8. The van der Waals surface area contributed by atoms with E-state index in [0.29, 0.717) is 6.42 Å². The first-order chi connectivity index (χ1) is 15.6. The van der Waals surface area contributed by atoms with E-state index >= 15 is 0 Å². The lowest BCUT2D eigenvalue weighted by Crippen LogP contribution is -2.48. The van der Waals surface area contributed by atoms with Gasteiger partial charge in [0.1, 0.15) is 5.01 Å². The highest BCUT2D eigenvalue weighted by Crippen LogP contribution is 2.25. The molecule has 5 rings (SSSR count). The lowest BCUT2D eigenvalue weighted by atomic mass is 10.1. The molecule has 1 amide bonds. The number of aryl methyl sites for hydroxylation is 1. The van der Waals surface area contributed by atoms with E-state index in [1.165, 1.54) is 10.9 Å². The Labute approximate surface area is 196 Å². The van der Waals surface area contributed by atoms with Gasteiger partial charge in [-0.1, -0.05) is 41.9 Å². The van der Waals surface area contributed by atoms with Gasteiger partial charge in [-0.15, -0.1) is 11.3 Å². The van der Waals surface area contributed by atoms with Crippen molar-refractivity contribution in [3.63, 3.8) is 0 Å². The summed E-state index contributed by atoms with van der Waals surface area (Å²) in [7, 11) is 2.03. The number of halogens is 1. The van der Waals surface area contributed by atoms with Crippen molar-refractivity contribution in [1.29, 1.82) is 0 Å². The van der Waals surface area contributed by atoms with Crippen LogP contribution in [0.15, 0.2) is 60.1 Å². The summed E-state index contributed by atoms with van der Waals surface area (Å²) in [5.41, 5.74) is 4.35. The SMILES string of the molecule is Cn1cc(CC(=O)N2CCN(Cc3nc(-c4ccc(Cl)cc4)cs3)CC2)c2ccccc21. The van der Waals surface area contributed by atoms with E-state index < -0.39 is 0 Å². The number of thiazole rings is 1. The number of para-hydroxylation sites is 1. The Hall–Kier alpha value is -2.67. The van der Waals surface area contributed by atoms with Gasteiger partial charge in [-0.3, -0.25) is 9.69 Å². The number of benzene rings is 2. The smallest absolute Gasteiger partial charge is 0.227 e. The number of carbonyl (C=O) groups excluding carboxylic acids is 1. The molecule has 0 saturated carbocycles. The first kappa shape index (κ1) is 21.2. The number of hydrogen-bond donors (Lipinski definition) is 0. The average Bonchev–Trinajstić information content (AvgIpc) is 3.40. The largest absolute Gasteiger partial charge is 0.350 e. The number of hydrogen-bond acceptors (Lipinski definition) is 4. The van der Waals surface area contributed by atoms with Gasteiger partial charge in [-0.05, 0) is 23.8 Å². The minimum Gasteiger partial charge on any atom is -0.350 e. The summed E-state index contributed by atoms with van der Waals surface area (Å²) in [4.78, 5) is 22.1. The Morgan fingerprint density at radius 2 is 1.81 bits per heavy atom. The lowest BCUT2D eigenvalue weighted by molar-refractivity contribution is -0.132. The van der Waals surface area contributed by atoms with Crippen molar-refractivity contribution in [2.75, 3.05) is 26.2 Å². The summed E-state index contributed by atoms with van der Waals surface area (Å²) in [5, 5.41) is 5.10. The number of piperazine rings is 1. The molecule has 0 N–H and O–H groups in total. The molecule has 2 aromatic carbocycles. The van der Waals surface area contributed by atoms with Gasteiger partial charge in [-0.25, -0.2) is 4.98 Å². The van der Waals surface area contributed by atoms with Crippen LogP contribution in [0.2, 0.25) is 5.02 Å². The number of rotatable bonds is 5. The van der Waals surface area contributed by atoms with Crippen molar-refractivity contribution in [2.24, 2.45) is 7.05 Å². The maximum Gasteiger partial charge on any atom is 0.227 e. The second-order valence-corrected chi connectivity index (χ2v) is 9.63. The van der Waals surface area contributed by atoms with Gasteiger partial charge in [-0.2, -0.15) is 0 Å². The zero-order valence-electron chi connectivity index (χ0n) is 18.0. The average molecular weight is 465 g/mol. The van der Waals surface area contributed by atoms with Crippen molar-refractivity contribution in [3.8, 4) is 11.3 Å². The van der Waals surface area contributed by atoms with Crippen LogP contribution in [0.3, 0.4) is 0 Å². The van der Waals surface area contributed by atoms with Gasteiger partial charge < -0.3 is 9.47 Å². The topological polar surface area (TPSA) is 41.4 Å². The standard InChI is InChI=1S/C25H25ClN4OS/c1-28-15-19(21-4-2-3-5-23(21)28)14-25(31)30-12-10-29(11-13-30)16-24-27-22(17-32-24)18-6-8-20(26)9-7-18/h2-9,15,17H,10-14,16H2,1H3. The van der Waals surface area contributed by atoms with Gasteiger partial charge in [0.2, 0.25) is 5.91 Å².